The minimum Gasteiger partial charge on any atom is -0.388 e. The van der Waals surface area contributed by atoms with Crippen LogP contribution in [0, 0.1) is 11.6 Å². The second-order valence-corrected chi connectivity index (χ2v) is 5.99. The maximum absolute atomic E-state index is 13.5. The van der Waals surface area contributed by atoms with Gasteiger partial charge in [-0.1, -0.05) is 37.9 Å². The third-order valence-corrected chi connectivity index (χ3v) is 3.61. The van der Waals surface area contributed by atoms with Crippen molar-refractivity contribution in [3.8, 4) is 0 Å². The Morgan fingerprint density at radius 3 is 2.21 bits per heavy atom. The van der Waals surface area contributed by atoms with Crippen molar-refractivity contribution in [3.05, 3.63) is 68.1 Å². The van der Waals surface area contributed by atoms with Crippen molar-refractivity contribution in [3.63, 3.8) is 0 Å². The number of aliphatic hydroxyl groups is 1. The van der Waals surface area contributed by atoms with Crippen LogP contribution in [0.4, 0.5) is 8.78 Å². The van der Waals surface area contributed by atoms with Gasteiger partial charge in [0.1, 0.15) is 11.6 Å². The van der Waals surface area contributed by atoms with E-state index in [1.165, 1.54) is 12.1 Å². The smallest absolute Gasteiger partial charge is 0.129 e. The van der Waals surface area contributed by atoms with E-state index < -0.39 is 17.7 Å². The predicted octanol–water partition coefficient (Wildman–Crippen LogP) is 4.77. The molecule has 1 nitrogen and oxygen atoms in total. The molecule has 0 radical (unpaired) electrons. The van der Waals surface area contributed by atoms with Crippen molar-refractivity contribution < 1.29 is 13.9 Å². The molecule has 0 heterocycles. The number of hydrogen-bond acceptors (Lipinski definition) is 1. The van der Waals surface area contributed by atoms with Gasteiger partial charge in [-0.2, -0.15) is 0 Å². The van der Waals surface area contributed by atoms with Crippen molar-refractivity contribution in [1.29, 1.82) is 0 Å². The summed E-state index contributed by atoms with van der Waals surface area (Å²) < 4.78 is 27.9. The van der Waals surface area contributed by atoms with Gasteiger partial charge in [-0.3, -0.25) is 0 Å². The number of hydrogen-bond donors (Lipinski definition) is 1. The fourth-order valence-electron chi connectivity index (χ4n) is 1.78. The van der Waals surface area contributed by atoms with E-state index in [1.54, 1.807) is 12.1 Å². The van der Waals surface area contributed by atoms with Gasteiger partial charge in [-0.05, 0) is 35.4 Å². The molecule has 0 fully saturated rings. The largest absolute Gasteiger partial charge is 0.388 e. The zero-order chi connectivity index (χ0) is 14.0. The molecule has 100 valence electrons. The zero-order valence-corrected chi connectivity index (χ0v) is 12.9. The summed E-state index contributed by atoms with van der Waals surface area (Å²) in [4.78, 5) is 0. The van der Waals surface area contributed by atoms with Crippen LogP contribution >= 0.6 is 31.9 Å². The molecule has 0 spiro atoms. The van der Waals surface area contributed by atoms with Gasteiger partial charge in [0, 0.05) is 21.4 Å². The molecule has 0 saturated carbocycles. The van der Waals surface area contributed by atoms with Crippen molar-refractivity contribution >= 4 is 31.9 Å². The molecule has 5 heteroatoms. The van der Waals surface area contributed by atoms with Crippen LogP contribution in [0.25, 0.3) is 0 Å². The fraction of sp³-hybridized carbons (Fsp3) is 0.143. The first-order valence-corrected chi connectivity index (χ1v) is 7.12. The third kappa shape index (κ3) is 3.84. The molecule has 0 aromatic heterocycles. The van der Waals surface area contributed by atoms with Crippen LogP contribution in [-0.4, -0.2) is 5.11 Å². The summed E-state index contributed by atoms with van der Waals surface area (Å²) in [5.74, 6) is -1.27. The number of aliphatic hydroxyl groups excluding tert-OH is 1. The lowest BCUT2D eigenvalue weighted by Crippen LogP contribution is -2.04. The maximum atomic E-state index is 13.5. The van der Waals surface area contributed by atoms with Crippen LogP contribution in [0.5, 0.6) is 0 Å². The fourth-order valence-corrected chi connectivity index (χ4v) is 3.11. The average Bonchev–Trinajstić information content (AvgIpc) is 2.31. The molecule has 0 aliphatic carbocycles. The van der Waals surface area contributed by atoms with Gasteiger partial charge in [0.15, 0.2) is 0 Å². The minimum atomic E-state index is -0.853. The van der Waals surface area contributed by atoms with Gasteiger partial charge in [0.05, 0.1) is 6.10 Å². The highest BCUT2D eigenvalue weighted by molar-refractivity contribution is 9.11. The average molecular weight is 392 g/mol. The van der Waals surface area contributed by atoms with Crippen LogP contribution in [0.2, 0.25) is 0 Å². The Labute approximate surface area is 126 Å². The first-order chi connectivity index (χ1) is 8.95. The quantitative estimate of drug-likeness (QED) is 0.799. The molecule has 2 rings (SSSR count). The van der Waals surface area contributed by atoms with Crippen LogP contribution in [-0.2, 0) is 6.42 Å². The van der Waals surface area contributed by atoms with Gasteiger partial charge in [-0.25, -0.2) is 8.78 Å². The molecule has 2 aromatic rings. The van der Waals surface area contributed by atoms with Gasteiger partial charge in [0.25, 0.3) is 0 Å². The zero-order valence-electron chi connectivity index (χ0n) is 9.71. The summed E-state index contributed by atoms with van der Waals surface area (Å²) in [5, 5.41) is 10.1. The van der Waals surface area contributed by atoms with Crippen LogP contribution in [0.15, 0.2) is 45.3 Å². The first kappa shape index (κ1) is 14.6. The number of halogens is 4. The first-order valence-electron chi connectivity index (χ1n) is 5.53. The molecule has 1 N–H and O–H groups in total. The highest BCUT2D eigenvalue weighted by atomic mass is 79.9. The van der Waals surface area contributed by atoms with E-state index >= 15 is 0 Å². The van der Waals surface area contributed by atoms with Crippen molar-refractivity contribution in [1.82, 2.24) is 0 Å². The Morgan fingerprint density at radius 2 is 1.63 bits per heavy atom. The summed E-state index contributed by atoms with van der Waals surface area (Å²) in [6.45, 7) is 0. The van der Waals surface area contributed by atoms with Gasteiger partial charge in [-0.15, -0.1) is 0 Å². The molecule has 1 unspecified atom stereocenters. The van der Waals surface area contributed by atoms with Crippen LogP contribution in [0.3, 0.4) is 0 Å². The molecule has 1 atom stereocenters. The summed E-state index contributed by atoms with van der Waals surface area (Å²) in [5.41, 5.74) is 0.940. The van der Waals surface area contributed by atoms with Crippen LogP contribution in [0.1, 0.15) is 17.2 Å². The Hall–Kier alpha value is -0.780. The van der Waals surface area contributed by atoms with Crippen molar-refractivity contribution in [2.45, 2.75) is 12.5 Å². The third-order valence-electron chi connectivity index (χ3n) is 2.70. The highest BCUT2D eigenvalue weighted by Gasteiger charge is 2.13. The molecular weight excluding hydrogens is 382 g/mol. The van der Waals surface area contributed by atoms with E-state index in [9.17, 15) is 13.9 Å². The van der Waals surface area contributed by atoms with E-state index in [4.69, 9.17) is 0 Å². The van der Waals surface area contributed by atoms with Gasteiger partial charge >= 0.3 is 0 Å². The van der Waals surface area contributed by atoms with Crippen molar-refractivity contribution in [2.75, 3.05) is 0 Å². The SMILES string of the molecule is OC(Cc1ccc(F)cc1F)c1cc(Br)cc(Br)c1. The van der Waals surface area contributed by atoms with E-state index in [0.717, 1.165) is 15.0 Å². The molecule has 0 amide bonds. The second-order valence-electron chi connectivity index (χ2n) is 4.16. The van der Waals surface area contributed by atoms with Crippen LogP contribution < -0.4 is 0 Å². The maximum Gasteiger partial charge on any atom is 0.129 e. The Morgan fingerprint density at radius 1 is 1.00 bits per heavy atom. The lowest BCUT2D eigenvalue weighted by molar-refractivity contribution is 0.177. The Bertz CT molecular complexity index is 582. The Balaban J connectivity index is 2.22. The standard InChI is InChI=1S/C14H10Br2F2O/c15-10-3-9(4-11(16)6-10)14(19)5-8-1-2-12(17)7-13(8)18/h1-4,6-7,14,19H,5H2. The van der Waals surface area contributed by atoms with Gasteiger partial charge < -0.3 is 5.11 Å². The molecule has 0 aliphatic heterocycles. The number of rotatable bonds is 3. The normalized spacial score (nSPS) is 12.5. The predicted molar refractivity (Wildman–Crippen MR) is 76.9 cm³/mol. The Kier molecular flexibility index (Phi) is 4.71. The van der Waals surface area contributed by atoms with E-state index in [0.29, 0.717) is 5.56 Å². The lowest BCUT2D eigenvalue weighted by atomic mass is 10.0. The van der Waals surface area contributed by atoms with E-state index in [-0.39, 0.29) is 12.0 Å². The van der Waals surface area contributed by atoms with E-state index in [2.05, 4.69) is 31.9 Å². The second kappa shape index (κ2) is 6.11. The molecular formula is C14H10Br2F2O. The minimum absolute atomic E-state index is 0.0923. The molecule has 2 aromatic carbocycles. The highest BCUT2D eigenvalue weighted by Crippen LogP contribution is 2.27. The molecule has 0 saturated heterocycles. The summed E-state index contributed by atoms with van der Waals surface area (Å²) in [7, 11) is 0. The lowest BCUT2D eigenvalue weighted by Gasteiger charge is -2.13. The van der Waals surface area contributed by atoms with Crippen molar-refractivity contribution in [2.24, 2.45) is 0 Å². The topological polar surface area (TPSA) is 20.2 Å². The van der Waals surface area contributed by atoms with Gasteiger partial charge in [0.2, 0.25) is 0 Å². The molecule has 0 bridgehead atoms. The number of benzene rings is 2. The summed E-state index contributed by atoms with van der Waals surface area (Å²) >= 11 is 6.65. The molecule has 19 heavy (non-hydrogen) atoms. The molecule has 0 aliphatic rings. The summed E-state index contributed by atoms with van der Waals surface area (Å²) in [6, 6.07) is 8.71. The monoisotopic (exact) mass is 390 g/mol. The van der Waals surface area contributed by atoms with E-state index in [1.807, 2.05) is 6.07 Å². The summed E-state index contributed by atoms with van der Waals surface area (Å²) in [6.07, 6.45) is -0.761.